The number of benzene rings is 1. The molecular weight excluding hydrogens is 572 g/mol. The second-order valence-electron chi connectivity index (χ2n) is 13.9. The third-order valence-electron chi connectivity index (χ3n) is 11.2. The van der Waals surface area contributed by atoms with Gasteiger partial charge in [-0.2, -0.15) is 4.31 Å². The zero-order valence-electron chi connectivity index (χ0n) is 25.8. The first-order chi connectivity index (χ1) is 19.7. The number of carbonyl (C=O) groups excluding carboxylic acids is 1. The number of hydrogen-bond donors (Lipinski definition) is 1. The van der Waals surface area contributed by atoms with E-state index in [4.69, 9.17) is 0 Å². The van der Waals surface area contributed by atoms with E-state index in [1.165, 1.54) is 11.8 Å². The Morgan fingerprint density at radius 1 is 1.00 bits per heavy atom. The van der Waals surface area contributed by atoms with Gasteiger partial charge < -0.3 is 10.2 Å². The summed E-state index contributed by atoms with van der Waals surface area (Å²) in [5, 5.41) is 3.33. The summed E-state index contributed by atoms with van der Waals surface area (Å²) in [6, 6.07) is 7.47. The summed E-state index contributed by atoms with van der Waals surface area (Å²) in [6.45, 7) is 10.3. The van der Waals surface area contributed by atoms with Crippen molar-refractivity contribution in [3.8, 4) is 0 Å². The maximum absolute atomic E-state index is 14.1. The summed E-state index contributed by atoms with van der Waals surface area (Å²) in [4.78, 5) is 18.3. The van der Waals surface area contributed by atoms with Crippen LogP contribution in [-0.2, 0) is 24.7 Å². The lowest BCUT2D eigenvalue weighted by molar-refractivity contribution is -0.128. The number of amides is 1. The molecule has 9 nitrogen and oxygen atoms in total. The first-order valence-electron chi connectivity index (χ1n) is 15.7. The highest BCUT2D eigenvalue weighted by Gasteiger charge is 2.66. The van der Waals surface area contributed by atoms with Gasteiger partial charge in [-0.15, -0.1) is 0 Å². The highest BCUT2D eigenvalue weighted by Crippen LogP contribution is 2.66. The molecular formula is C31H50N4O5S2. The second-order valence-corrected chi connectivity index (χ2v) is 18.1. The Balaban J connectivity index is 1.32. The number of likely N-dealkylation sites (tertiary alicyclic amines) is 1. The van der Waals surface area contributed by atoms with Gasteiger partial charge in [-0.3, -0.25) is 9.69 Å². The van der Waals surface area contributed by atoms with Crippen LogP contribution in [0, 0.1) is 23.7 Å². The number of sulfone groups is 1. The van der Waals surface area contributed by atoms with Gasteiger partial charge >= 0.3 is 0 Å². The van der Waals surface area contributed by atoms with Crippen LogP contribution in [0.5, 0.6) is 0 Å². The quantitative estimate of drug-likeness (QED) is 0.428. The number of nitrogens with one attached hydrogen (secondary N) is 1. The number of rotatable bonds is 10. The predicted octanol–water partition coefficient (Wildman–Crippen LogP) is 3.05. The van der Waals surface area contributed by atoms with Crippen molar-refractivity contribution in [1.82, 2.24) is 14.5 Å². The number of piperidine rings is 1. The number of anilines is 1. The van der Waals surface area contributed by atoms with Crippen LogP contribution in [-0.4, -0.2) is 101 Å². The van der Waals surface area contributed by atoms with E-state index in [9.17, 15) is 21.6 Å². The van der Waals surface area contributed by atoms with Crippen LogP contribution in [0.2, 0.25) is 0 Å². The number of aryl methyl sites for hydroxylation is 1. The van der Waals surface area contributed by atoms with Gasteiger partial charge in [0.15, 0.2) is 0 Å². The molecule has 0 spiro atoms. The summed E-state index contributed by atoms with van der Waals surface area (Å²) < 4.78 is 53.9. The van der Waals surface area contributed by atoms with E-state index in [0.29, 0.717) is 32.1 Å². The molecule has 1 aromatic carbocycles. The Labute approximate surface area is 253 Å². The Morgan fingerprint density at radius 3 is 2.29 bits per heavy atom. The van der Waals surface area contributed by atoms with Gasteiger partial charge in [0.25, 0.3) is 0 Å². The predicted molar refractivity (Wildman–Crippen MR) is 168 cm³/mol. The Bertz CT molecular complexity index is 1350. The van der Waals surface area contributed by atoms with Crippen molar-refractivity contribution in [3.05, 3.63) is 29.8 Å². The largest absolute Gasteiger partial charge is 0.369 e. The zero-order chi connectivity index (χ0) is 30.3. The van der Waals surface area contributed by atoms with Crippen molar-refractivity contribution >= 4 is 31.5 Å². The van der Waals surface area contributed by atoms with E-state index in [-0.39, 0.29) is 35.3 Å². The second kappa shape index (κ2) is 12.0. The average molecular weight is 623 g/mol. The number of carbonyl (C=O) groups is 1. The molecule has 2 bridgehead atoms. The van der Waals surface area contributed by atoms with Gasteiger partial charge in [0.05, 0.1) is 17.5 Å². The molecule has 2 aliphatic heterocycles. The number of hydrogen-bond acceptors (Lipinski definition) is 7. The molecule has 0 radical (unpaired) electrons. The van der Waals surface area contributed by atoms with Crippen molar-refractivity contribution in [2.45, 2.75) is 77.8 Å². The third-order valence-corrected chi connectivity index (χ3v) is 14.2. The monoisotopic (exact) mass is 622 g/mol. The first kappa shape index (κ1) is 31.7. The fraction of sp³-hybridized carbons (Fsp3) is 0.774. The molecule has 11 heteroatoms. The van der Waals surface area contributed by atoms with Crippen LogP contribution in [0.25, 0.3) is 0 Å². The van der Waals surface area contributed by atoms with Crippen molar-refractivity contribution < 1.29 is 21.6 Å². The van der Waals surface area contributed by atoms with Crippen molar-refractivity contribution in [2.75, 3.05) is 61.9 Å². The van der Waals surface area contributed by atoms with Gasteiger partial charge in [-0.1, -0.05) is 38.5 Å². The van der Waals surface area contributed by atoms with Gasteiger partial charge in [0.2, 0.25) is 15.9 Å². The molecule has 4 aliphatic rings. The van der Waals surface area contributed by atoms with E-state index >= 15 is 0 Å². The molecule has 1 aromatic rings. The Kier molecular flexibility index (Phi) is 9.07. The highest BCUT2D eigenvalue weighted by molar-refractivity contribution is 7.90. The Hall–Kier alpha value is -1.69. The molecule has 2 aliphatic carbocycles. The van der Waals surface area contributed by atoms with Gasteiger partial charge in [-0.05, 0) is 81.5 Å². The smallest absolute Gasteiger partial charge is 0.237 e. The fourth-order valence-corrected chi connectivity index (χ4v) is 11.4. The number of fused-ring (bicyclic) bond motifs is 2. The molecule has 5 rings (SSSR count). The first-order valence-corrected chi connectivity index (χ1v) is 19.4. The molecule has 3 unspecified atom stereocenters. The normalized spacial score (nSPS) is 29.5. The summed E-state index contributed by atoms with van der Waals surface area (Å²) in [7, 11) is -6.78. The number of piperazine rings is 1. The van der Waals surface area contributed by atoms with Crippen LogP contribution in [0.15, 0.2) is 24.3 Å². The molecule has 1 N–H and O–H groups in total. The maximum atomic E-state index is 14.1. The topological polar surface area (TPSA) is 107 Å². The van der Waals surface area contributed by atoms with Crippen LogP contribution >= 0.6 is 0 Å². The maximum Gasteiger partial charge on any atom is 0.237 e. The third kappa shape index (κ3) is 6.26. The van der Waals surface area contributed by atoms with E-state index in [1.54, 1.807) is 4.31 Å². The van der Waals surface area contributed by atoms with Crippen molar-refractivity contribution in [3.63, 3.8) is 0 Å². The molecule has 0 aromatic heterocycles. The van der Waals surface area contributed by atoms with E-state index in [1.807, 2.05) is 12.1 Å². The lowest BCUT2D eigenvalue weighted by Crippen LogP contribution is -2.58. The molecule has 42 heavy (non-hydrogen) atoms. The number of para-hydroxylation sites is 1. The minimum atomic E-state index is -3.57. The fourth-order valence-electron chi connectivity index (χ4n) is 8.47. The summed E-state index contributed by atoms with van der Waals surface area (Å²) >= 11 is 0. The standard InChI is InChI=1S/C31H50N4O5S2/c1-24-10-6-7-11-26(24)34-17-19-35(20-18-34)42(39,40)23-31-14-12-25(30(31,2)3)22-28(31)32-29(36)27(13-21-41(4,37)38)33-15-8-5-9-16-33/h6-7,10-11,25,27-28H,5,8-9,12-23H2,1-4H3,(H,32,36)/t25?,27-,28?,31?/m0/s1. The molecule has 2 heterocycles. The summed E-state index contributed by atoms with van der Waals surface area (Å²) in [6.07, 6.45) is 7.12. The van der Waals surface area contributed by atoms with Gasteiger partial charge in [0.1, 0.15) is 9.84 Å². The summed E-state index contributed by atoms with van der Waals surface area (Å²) in [5.74, 6) is 0.211. The lowest BCUT2D eigenvalue weighted by Gasteiger charge is -2.45. The van der Waals surface area contributed by atoms with Crippen LogP contribution in [0.4, 0.5) is 5.69 Å². The van der Waals surface area contributed by atoms with E-state index < -0.39 is 31.3 Å². The SMILES string of the molecule is Cc1ccccc1N1CCN(S(=O)(=O)CC23CCC(CC2NC(=O)[C@H](CCS(C)(=O)=O)N2CCCCC2)C3(C)C)CC1. The van der Waals surface area contributed by atoms with Crippen LogP contribution in [0.3, 0.4) is 0 Å². The van der Waals surface area contributed by atoms with Crippen LogP contribution < -0.4 is 10.2 Å². The van der Waals surface area contributed by atoms with Gasteiger partial charge in [-0.25, -0.2) is 16.8 Å². The minimum Gasteiger partial charge on any atom is -0.369 e. The van der Waals surface area contributed by atoms with E-state index in [0.717, 1.165) is 57.3 Å². The molecule has 2 saturated heterocycles. The molecule has 2 saturated carbocycles. The number of nitrogens with zero attached hydrogens (tertiary/aromatic N) is 3. The van der Waals surface area contributed by atoms with Crippen LogP contribution in [0.1, 0.15) is 64.4 Å². The molecule has 1 amide bonds. The van der Waals surface area contributed by atoms with Crippen molar-refractivity contribution in [1.29, 1.82) is 0 Å². The molecule has 4 fully saturated rings. The average Bonchev–Trinajstić information content (AvgIpc) is 3.28. The van der Waals surface area contributed by atoms with E-state index in [2.05, 4.69) is 48.0 Å². The lowest BCUT2D eigenvalue weighted by atomic mass is 9.69. The summed E-state index contributed by atoms with van der Waals surface area (Å²) in [5.41, 5.74) is 1.57. The van der Waals surface area contributed by atoms with Crippen molar-refractivity contribution in [2.24, 2.45) is 16.7 Å². The zero-order valence-corrected chi connectivity index (χ0v) is 27.5. The molecule has 4 atom stereocenters. The highest BCUT2D eigenvalue weighted by atomic mass is 32.2. The Morgan fingerprint density at radius 2 is 1.67 bits per heavy atom. The minimum absolute atomic E-state index is 0.0334. The number of sulfonamides is 1. The van der Waals surface area contributed by atoms with Gasteiger partial charge in [0, 0.05) is 49.6 Å². The molecule has 236 valence electrons.